The molecule has 7 nitrogen and oxygen atoms in total. The molecule has 1 fully saturated rings. The Labute approximate surface area is 156 Å². The maximum atomic E-state index is 13.4. The quantitative estimate of drug-likeness (QED) is 0.776. The average molecular weight is 369 g/mol. The van der Waals surface area contributed by atoms with E-state index in [1.165, 1.54) is 17.0 Å². The van der Waals surface area contributed by atoms with Crippen molar-refractivity contribution in [3.8, 4) is 0 Å². The third-order valence-corrected chi connectivity index (χ3v) is 5.01. The van der Waals surface area contributed by atoms with E-state index in [9.17, 15) is 14.0 Å². The number of rotatable bonds is 3. The monoisotopic (exact) mass is 369 g/mol. The number of halogens is 1. The van der Waals surface area contributed by atoms with Crippen molar-refractivity contribution in [3.05, 3.63) is 47.7 Å². The molecule has 2 amide bonds. The number of hydrogen-bond acceptors (Lipinski definition) is 5. The average Bonchev–Trinajstić information content (AvgIpc) is 3.28. The normalized spacial score (nSPS) is 18.7. The smallest absolute Gasteiger partial charge is 0.326 e. The van der Waals surface area contributed by atoms with E-state index in [4.69, 9.17) is 0 Å². The first-order valence-electron chi connectivity index (χ1n) is 8.95. The predicted molar refractivity (Wildman–Crippen MR) is 98.2 cm³/mol. The summed E-state index contributed by atoms with van der Waals surface area (Å²) in [6.45, 7) is 1.39. The standard InChI is InChI=1S/C19H20FN5O2/c1-23-17(12-26)25(19(27)24-7-2-3-8-24)15-11-21-16(22-18(15)23)10-13-5-4-6-14(20)9-13/h4-6,9,11-12,17H,2-3,7-8,10H2,1H3. The van der Waals surface area contributed by atoms with Gasteiger partial charge in [0.05, 0.1) is 6.20 Å². The van der Waals surface area contributed by atoms with Crippen molar-refractivity contribution in [2.45, 2.75) is 25.4 Å². The van der Waals surface area contributed by atoms with Crippen LogP contribution in [0.2, 0.25) is 0 Å². The van der Waals surface area contributed by atoms with Gasteiger partial charge in [-0.2, -0.15) is 0 Å². The molecule has 1 atom stereocenters. The van der Waals surface area contributed by atoms with Crippen molar-refractivity contribution < 1.29 is 14.0 Å². The zero-order chi connectivity index (χ0) is 19.0. The Morgan fingerprint density at radius 2 is 2.11 bits per heavy atom. The van der Waals surface area contributed by atoms with Crippen LogP contribution in [-0.4, -0.2) is 53.5 Å². The summed E-state index contributed by atoms with van der Waals surface area (Å²) in [7, 11) is 1.73. The molecule has 1 unspecified atom stereocenters. The summed E-state index contributed by atoms with van der Waals surface area (Å²) in [5.41, 5.74) is 1.28. The lowest BCUT2D eigenvalue weighted by atomic mass is 10.1. The molecular formula is C19H20FN5O2. The van der Waals surface area contributed by atoms with Gasteiger partial charge < -0.3 is 9.80 Å². The van der Waals surface area contributed by atoms with E-state index in [-0.39, 0.29) is 11.8 Å². The number of likely N-dealkylation sites (N-methyl/N-ethyl adjacent to an activating group) is 1. The molecule has 1 saturated heterocycles. The van der Waals surface area contributed by atoms with Gasteiger partial charge in [0.2, 0.25) is 0 Å². The predicted octanol–water partition coefficient (Wildman–Crippen LogP) is 2.20. The van der Waals surface area contributed by atoms with Crippen LogP contribution in [0, 0.1) is 5.82 Å². The number of benzene rings is 1. The van der Waals surface area contributed by atoms with Crippen LogP contribution in [0.3, 0.4) is 0 Å². The second-order valence-electron chi connectivity index (χ2n) is 6.81. The molecule has 2 aromatic rings. The van der Waals surface area contributed by atoms with E-state index in [0.717, 1.165) is 24.7 Å². The van der Waals surface area contributed by atoms with Gasteiger partial charge in [-0.15, -0.1) is 0 Å². The molecule has 2 aliphatic rings. The van der Waals surface area contributed by atoms with Crippen LogP contribution in [0.25, 0.3) is 0 Å². The third kappa shape index (κ3) is 3.11. The van der Waals surface area contributed by atoms with E-state index in [0.29, 0.717) is 36.8 Å². The van der Waals surface area contributed by atoms with Gasteiger partial charge >= 0.3 is 6.03 Å². The Morgan fingerprint density at radius 1 is 1.33 bits per heavy atom. The maximum absolute atomic E-state index is 13.4. The van der Waals surface area contributed by atoms with Gasteiger partial charge in [-0.05, 0) is 30.5 Å². The molecule has 140 valence electrons. The zero-order valence-corrected chi connectivity index (χ0v) is 15.0. The molecule has 4 rings (SSSR count). The lowest BCUT2D eigenvalue weighted by molar-refractivity contribution is -0.108. The first-order chi connectivity index (χ1) is 13.1. The molecule has 1 aromatic heterocycles. The van der Waals surface area contributed by atoms with Gasteiger partial charge in [0, 0.05) is 26.6 Å². The number of hydrogen-bond donors (Lipinski definition) is 0. The fraction of sp³-hybridized carbons (Fsp3) is 0.368. The molecule has 0 spiro atoms. The van der Waals surface area contributed by atoms with Crippen molar-refractivity contribution in [3.63, 3.8) is 0 Å². The molecule has 0 aliphatic carbocycles. The van der Waals surface area contributed by atoms with Crippen LogP contribution < -0.4 is 9.80 Å². The molecule has 27 heavy (non-hydrogen) atoms. The van der Waals surface area contributed by atoms with Gasteiger partial charge in [0.25, 0.3) is 0 Å². The van der Waals surface area contributed by atoms with Crippen LogP contribution >= 0.6 is 0 Å². The van der Waals surface area contributed by atoms with Crippen molar-refractivity contribution >= 4 is 23.8 Å². The van der Waals surface area contributed by atoms with Crippen molar-refractivity contribution in [1.29, 1.82) is 0 Å². The number of carbonyl (C=O) groups is 2. The molecule has 3 heterocycles. The lowest BCUT2D eigenvalue weighted by Gasteiger charge is -2.28. The number of nitrogens with zero attached hydrogens (tertiary/aromatic N) is 5. The number of aldehydes is 1. The van der Waals surface area contributed by atoms with E-state index in [2.05, 4.69) is 9.97 Å². The first-order valence-corrected chi connectivity index (χ1v) is 8.95. The van der Waals surface area contributed by atoms with Crippen LogP contribution in [0.15, 0.2) is 30.5 Å². The summed E-state index contributed by atoms with van der Waals surface area (Å²) >= 11 is 0. The molecule has 8 heteroatoms. The fourth-order valence-corrected chi connectivity index (χ4v) is 3.62. The highest BCUT2D eigenvalue weighted by atomic mass is 19.1. The number of likely N-dealkylation sites (tertiary alicyclic amines) is 1. The van der Waals surface area contributed by atoms with Crippen molar-refractivity contribution in [2.75, 3.05) is 29.9 Å². The van der Waals surface area contributed by atoms with Crippen molar-refractivity contribution in [1.82, 2.24) is 14.9 Å². The van der Waals surface area contributed by atoms with Crippen LogP contribution in [-0.2, 0) is 11.2 Å². The van der Waals surface area contributed by atoms with Gasteiger partial charge in [-0.3, -0.25) is 9.69 Å². The summed E-state index contributed by atoms with van der Waals surface area (Å²) < 4.78 is 13.4. The Balaban J connectivity index is 1.65. The molecule has 2 aliphatic heterocycles. The summed E-state index contributed by atoms with van der Waals surface area (Å²) in [5.74, 6) is 0.724. The van der Waals surface area contributed by atoms with Gasteiger partial charge in [-0.1, -0.05) is 12.1 Å². The number of aromatic nitrogens is 2. The first kappa shape index (κ1) is 17.4. The van der Waals surface area contributed by atoms with E-state index in [1.807, 2.05) is 0 Å². The third-order valence-electron chi connectivity index (χ3n) is 5.01. The van der Waals surface area contributed by atoms with E-state index >= 15 is 0 Å². The molecular weight excluding hydrogens is 349 g/mol. The molecule has 0 N–H and O–H groups in total. The number of fused-ring (bicyclic) bond motifs is 1. The Hall–Kier alpha value is -3.03. The van der Waals surface area contributed by atoms with Gasteiger partial charge in [0.15, 0.2) is 18.3 Å². The Kier molecular flexibility index (Phi) is 4.47. The zero-order valence-electron chi connectivity index (χ0n) is 15.0. The minimum Gasteiger partial charge on any atom is -0.331 e. The molecule has 0 radical (unpaired) electrons. The maximum Gasteiger partial charge on any atom is 0.326 e. The largest absolute Gasteiger partial charge is 0.331 e. The van der Waals surface area contributed by atoms with E-state index < -0.39 is 6.17 Å². The van der Waals surface area contributed by atoms with E-state index in [1.54, 1.807) is 35.2 Å². The summed E-state index contributed by atoms with van der Waals surface area (Å²) in [5, 5.41) is 0. The van der Waals surface area contributed by atoms with Crippen LogP contribution in [0.1, 0.15) is 24.2 Å². The minimum absolute atomic E-state index is 0.198. The van der Waals surface area contributed by atoms with Crippen LogP contribution in [0.5, 0.6) is 0 Å². The SMILES string of the molecule is CN1c2nc(Cc3cccc(F)c3)ncc2N(C(=O)N2CCCC2)C1C=O. The molecule has 1 aromatic carbocycles. The highest BCUT2D eigenvalue weighted by Crippen LogP contribution is 2.37. The summed E-state index contributed by atoms with van der Waals surface area (Å²) in [6.07, 6.45) is 3.87. The van der Waals surface area contributed by atoms with Gasteiger partial charge in [-0.25, -0.2) is 19.2 Å². The highest BCUT2D eigenvalue weighted by molar-refractivity contribution is 6.02. The topological polar surface area (TPSA) is 69.6 Å². The lowest BCUT2D eigenvalue weighted by Crippen LogP contribution is -2.50. The Bertz CT molecular complexity index is 884. The van der Waals surface area contributed by atoms with Gasteiger partial charge in [0.1, 0.15) is 17.3 Å². The second kappa shape index (κ2) is 6.94. The minimum atomic E-state index is -0.744. The van der Waals surface area contributed by atoms with Crippen LogP contribution in [0.4, 0.5) is 20.7 Å². The number of urea groups is 1. The molecule has 0 bridgehead atoms. The molecule has 0 saturated carbocycles. The Morgan fingerprint density at radius 3 is 2.81 bits per heavy atom. The summed E-state index contributed by atoms with van der Waals surface area (Å²) in [4.78, 5) is 38.4. The second-order valence-corrected chi connectivity index (χ2v) is 6.81. The number of amides is 2. The summed E-state index contributed by atoms with van der Waals surface area (Å²) in [6, 6.07) is 6.08. The van der Waals surface area contributed by atoms with Crippen molar-refractivity contribution in [2.24, 2.45) is 0 Å². The number of anilines is 2. The fourth-order valence-electron chi connectivity index (χ4n) is 3.62. The highest BCUT2D eigenvalue weighted by Gasteiger charge is 2.41. The number of carbonyl (C=O) groups excluding carboxylic acids is 2.